The van der Waals surface area contributed by atoms with Crippen LogP contribution in [0.1, 0.15) is 17.9 Å². The van der Waals surface area contributed by atoms with Gasteiger partial charge < -0.3 is 10.5 Å². The van der Waals surface area contributed by atoms with Gasteiger partial charge in [0, 0.05) is 10.4 Å². The number of hydrogen-bond donors (Lipinski definition) is 1. The highest BCUT2D eigenvalue weighted by atomic mass is 79.9. The summed E-state index contributed by atoms with van der Waals surface area (Å²) in [6.07, 6.45) is 0.663. The Morgan fingerprint density at radius 1 is 1.67 bits per heavy atom. The maximum Gasteiger partial charge on any atom is 0.326 e. The van der Waals surface area contributed by atoms with E-state index < -0.39 is 5.54 Å². The zero-order valence-corrected chi connectivity index (χ0v) is 9.95. The van der Waals surface area contributed by atoms with E-state index in [4.69, 9.17) is 5.73 Å². The van der Waals surface area contributed by atoms with Gasteiger partial charge in [-0.15, -0.1) is 0 Å². The molecule has 0 spiro atoms. The van der Waals surface area contributed by atoms with Crippen molar-refractivity contribution < 1.29 is 9.53 Å². The van der Waals surface area contributed by atoms with E-state index in [0.717, 1.165) is 10.0 Å². The molecule has 1 aromatic carbocycles. The second kappa shape index (κ2) is 3.61. The molecule has 4 heteroatoms. The van der Waals surface area contributed by atoms with Crippen LogP contribution in [0.25, 0.3) is 0 Å². The average Bonchev–Trinajstić information content (AvgIpc) is 2.91. The minimum absolute atomic E-state index is 0.0856. The first-order chi connectivity index (χ1) is 7.08. The molecular weight excluding hydrogens is 258 g/mol. The minimum atomic E-state index is -0.810. The Labute approximate surface area is 96.7 Å². The van der Waals surface area contributed by atoms with E-state index in [0.29, 0.717) is 6.42 Å². The van der Waals surface area contributed by atoms with E-state index in [2.05, 4.69) is 20.7 Å². The van der Waals surface area contributed by atoms with Gasteiger partial charge in [-0.2, -0.15) is 0 Å². The first-order valence-corrected chi connectivity index (χ1v) is 5.50. The molecule has 15 heavy (non-hydrogen) atoms. The van der Waals surface area contributed by atoms with Gasteiger partial charge in [0.05, 0.1) is 7.11 Å². The van der Waals surface area contributed by atoms with Crippen molar-refractivity contribution in [2.45, 2.75) is 17.9 Å². The topological polar surface area (TPSA) is 52.3 Å². The molecule has 80 valence electrons. The molecule has 1 saturated carbocycles. The van der Waals surface area contributed by atoms with Crippen molar-refractivity contribution in [2.24, 2.45) is 5.73 Å². The fourth-order valence-electron chi connectivity index (χ4n) is 1.83. The predicted octanol–water partition coefficient (Wildman–Crippen LogP) is 1.81. The zero-order valence-electron chi connectivity index (χ0n) is 8.37. The zero-order chi connectivity index (χ0) is 11.1. The van der Waals surface area contributed by atoms with Crippen LogP contribution in [0.2, 0.25) is 0 Å². The Morgan fingerprint density at radius 2 is 2.40 bits per heavy atom. The van der Waals surface area contributed by atoms with Crippen molar-refractivity contribution in [2.75, 3.05) is 7.11 Å². The summed E-state index contributed by atoms with van der Waals surface area (Å²) in [6.45, 7) is 0. The largest absolute Gasteiger partial charge is 0.468 e. The summed E-state index contributed by atoms with van der Waals surface area (Å²) >= 11 is 3.39. The van der Waals surface area contributed by atoms with Crippen LogP contribution in [-0.2, 0) is 9.53 Å². The Hall–Kier alpha value is -0.870. The number of rotatable bonds is 2. The van der Waals surface area contributed by atoms with Crippen LogP contribution in [0, 0.1) is 0 Å². The molecule has 0 saturated heterocycles. The Kier molecular flexibility index (Phi) is 2.56. The highest BCUT2D eigenvalue weighted by molar-refractivity contribution is 9.10. The third kappa shape index (κ3) is 1.79. The molecule has 2 rings (SSSR count). The van der Waals surface area contributed by atoms with Gasteiger partial charge in [0.25, 0.3) is 0 Å². The summed E-state index contributed by atoms with van der Waals surface area (Å²) in [5, 5.41) is 0. The number of esters is 1. The summed E-state index contributed by atoms with van der Waals surface area (Å²) in [4.78, 5) is 11.4. The van der Waals surface area contributed by atoms with E-state index in [1.54, 1.807) is 0 Å². The summed E-state index contributed by atoms with van der Waals surface area (Å²) in [7, 11) is 1.37. The van der Waals surface area contributed by atoms with Gasteiger partial charge in [-0.1, -0.05) is 28.1 Å². The lowest BCUT2D eigenvalue weighted by Gasteiger charge is -2.08. The number of carbonyl (C=O) groups excluding carboxylic acids is 1. The number of halogens is 1. The first kappa shape index (κ1) is 10.6. The molecule has 0 heterocycles. The lowest BCUT2D eigenvalue weighted by Crippen LogP contribution is -2.35. The predicted molar refractivity (Wildman–Crippen MR) is 60.4 cm³/mol. The van der Waals surface area contributed by atoms with Gasteiger partial charge in [0.15, 0.2) is 0 Å². The van der Waals surface area contributed by atoms with Crippen LogP contribution in [0.3, 0.4) is 0 Å². The molecule has 0 radical (unpaired) electrons. The third-order valence-electron chi connectivity index (χ3n) is 2.82. The monoisotopic (exact) mass is 269 g/mol. The van der Waals surface area contributed by atoms with E-state index in [-0.39, 0.29) is 11.9 Å². The number of methoxy groups -OCH3 is 1. The number of ether oxygens (including phenoxy) is 1. The van der Waals surface area contributed by atoms with Crippen molar-refractivity contribution in [1.82, 2.24) is 0 Å². The number of nitrogens with two attached hydrogens (primary N) is 1. The molecule has 2 atom stereocenters. The second-order valence-corrected chi connectivity index (χ2v) is 4.76. The van der Waals surface area contributed by atoms with Crippen molar-refractivity contribution in [3.05, 3.63) is 34.3 Å². The summed E-state index contributed by atoms with van der Waals surface area (Å²) in [5.74, 6) is -0.241. The summed E-state index contributed by atoms with van der Waals surface area (Å²) in [5.41, 5.74) is 6.21. The number of hydrogen-bond acceptors (Lipinski definition) is 3. The SMILES string of the molecule is COC(=O)C1(N)CC1c1cccc(Br)c1. The van der Waals surface area contributed by atoms with Crippen LogP contribution in [0.4, 0.5) is 0 Å². The molecule has 1 aromatic rings. The Balaban J connectivity index is 2.20. The Morgan fingerprint density at radius 3 is 3.00 bits per heavy atom. The molecule has 3 nitrogen and oxygen atoms in total. The quantitative estimate of drug-likeness (QED) is 0.834. The van der Waals surface area contributed by atoms with Crippen LogP contribution < -0.4 is 5.73 Å². The van der Waals surface area contributed by atoms with Crippen LogP contribution >= 0.6 is 15.9 Å². The van der Waals surface area contributed by atoms with Gasteiger partial charge in [-0.25, -0.2) is 0 Å². The van der Waals surface area contributed by atoms with E-state index in [9.17, 15) is 4.79 Å². The molecule has 0 amide bonds. The van der Waals surface area contributed by atoms with Gasteiger partial charge >= 0.3 is 5.97 Å². The highest BCUT2D eigenvalue weighted by Gasteiger charge is 2.58. The smallest absolute Gasteiger partial charge is 0.326 e. The van der Waals surface area contributed by atoms with Crippen molar-refractivity contribution in [3.8, 4) is 0 Å². The maximum absolute atomic E-state index is 11.4. The lowest BCUT2D eigenvalue weighted by molar-refractivity contribution is -0.143. The van der Waals surface area contributed by atoms with Gasteiger partial charge in [-0.05, 0) is 24.1 Å². The Bertz CT molecular complexity index is 407. The molecule has 2 unspecified atom stereocenters. The van der Waals surface area contributed by atoms with E-state index in [1.807, 2.05) is 24.3 Å². The van der Waals surface area contributed by atoms with Crippen molar-refractivity contribution in [3.63, 3.8) is 0 Å². The third-order valence-corrected chi connectivity index (χ3v) is 3.31. The fraction of sp³-hybridized carbons (Fsp3) is 0.364. The molecule has 0 aliphatic heterocycles. The van der Waals surface area contributed by atoms with Crippen LogP contribution in [0.5, 0.6) is 0 Å². The number of carbonyl (C=O) groups is 1. The van der Waals surface area contributed by atoms with Crippen molar-refractivity contribution >= 4 is 21.9 Å². The number of benzene rings is 1. The van der Waals surface area contributed by atoms with Gasteiger partial charge in [0.1, 0.15) is 5.54 Å². The normalized spacial score (nSPS) is 28.6. The first-order valence-electron chi connectivity index (χ1n) is 4.70. The lowest BCUT2D eigenvalue weighted by atomic mass is 10.1. The molecule has 0 bridgehead atoms. The highest BCUT2D eigenvalue weighted by Crippen LogP contribution is 2.50. The van der Waals surface area contributed by atoms with Crippen LogP contribution in [0.15, 0.2) is 28.7 Å². The second-order valence-electron chi connectivity index (χ2n) is 3.84. The van der Waals surface area contributed by atoms with E-state index >= 15 is 0 Å². The standard InChI is InChI=1S/C11H12BrNO2/c1-15-10(14)11(13)6-9(11)7-3-2-4-8(12)5-7/h2-5,9H,6,13H2,1H3. The fourth-order valence-corrected chi connectivity index (χ4v) is 2.25. The summed E-state index contributed by atoms with van der Waals surface area (Å²) in [6, 6.07) is 7.85. The van der Waals surface area contributed by atoms with Gasteiger partial charge in [0.2, 0.25) is 0 Å². The minimum Gasteiger partial charge on any atom is -0.468 e. The van der Waals surface area contributed by atoms with Crippen LogP contribution in [-0.4, -0.2) is 18.6 Å². The maximum atomic E-state index is 11.4. The van der Waals surface area contributed by atoms with Crippen molar-refractivity contribution in [1.29, 1.82) is 0 Å². The molecule has 1 fully saturated rings. The van der Waals surface area contributed by atoms with Gasteiger partial charge in [-0.3, -0.25) is 4.79 Å². The average molecular weight is 270 g/mol. The van der Waals surface area contributed by atoms with E-state index in [1.165, 1.54) is 7.11 Å². The molecule has 1 aliphatic carbocycles. The molecule has 1 aliphatic rings. The molecule has 0 aromatic heterocycles. The molecular formula is C11H12BrNO2. The molecule has 2 N–H and O–H groups in total. The summed E-state index contributed by atoms with van der Waals surface area (Å²) < 4.78 is 5.68.